The van der Waals surface area contributed by atoms with Crippen LogP contribution in [0.3, 0.4) is 0 Å². The van der Waals surface area contributed by atoms with Crippen LogP contribution in [0.25, 0.3) is 0 Å². The molecule has 0 saturated heterocycles. The summed E-state index contributed by atoms with van der Waals surface area (Å²) in [6.45, 7) is 6.54. The van der Waals surface area contributed by atoms with Crippen LogP contribution in [0, 0.1) is 0 Å². The molecule has 0 heterocycles. The second-order valence-corrected chi connectivity index (χ2v) is 6.46. The Kier molecular flexibility index (Phi) is 14.9. The predicted molar refractivity (Wildman–Crippen MR) is 81.2 cm³/mol. The Labute approximate surface area is 130 Å². The molecule has 5 heteroatoms. The molecule has 0 aliphatic heterocycles. The van der Waals surface area contributed by atoms with Gasteiger partial charge in [-0.3, -0.25) is 4.18 Å². The van der Waals surface area contributed by atoms with Crippen LogP contribution in [0.1, 0.15) is 72.1 Å². The van der Waals surface area contributed by atoms with Gasteiger partial charge in [-0.2, -0.15) is 8.42 Å². The van der Waals surface area contributed by atoms with Crippen molar-refractivity contribution < 1.29 is 12.6 Å². The number of hydrogen-bond donors (Lipinski definition) is 0. The van der Waals surface area contributed by atoms with Crippen molar-refractivity contribution in [1.82, 2.24) is 0 Å². The minimum atomic E-state index is -3.34. The van der Waals surface area contributed by atoms with E-state index in [9.17, 15) is 8.42 Å². The summed E-state index contributed by atoms with van der Waals surface area (Å²) < 4.78 is 29.1. The first kappa shape index (κ1) is 21.0. The molecule has 0 aliphatic rings. The summed E-state index contributed by atoms with van der Waals surface area (Å²) in [5.41, 5.74) is 0. The average Bonchev–Trinajstić information content (AvgIpc) is 2.29. The molecule has 0 unspecified atom stereocenters. The van der Waals surface area contributed by atoms with Gasteiger partial charge >= 0.3 is 23.9 Å². The van der Waals surface area contributed by atoms with E-state index >= 15 is 0 Å². The summed E-state index contributed by atoms with van der Waals surface area (Å²) >= 11 is 0. The van der Waals surface area contributed by atoms with Crippen LogP contribution in [0.4, 0.5) is 0 Å². The van der Waals surface area contributed by atoms with Crippen LogP contribution in [-0.4, -0.2) is 44.2 Å². The van der Waals surface area contributed by atoms with Crippen molar-refractivity contribution in [2.75, 3.05) is 6.61 Å². The van der Waals surface area contributed by atoms with Crippen molar-refractivity contribution in [2.45, 2.75) is 77.4 Å². The van der Waals surface area contributed by atoms with E-state index in [-0.39, 0.29) is 29.2 Å². The Bertz CT molecular complexity index is 257. The van der Waals surface area contributed by atoms with Gasteiger partial charge in [-0.05, 0) is 19.3 Å². The number of unbranched alkanes of at least 4 members (excludes halogenated alkanes) is 3. The Hall–Kier alpha value is 0.709. The van der Waals surface area contributed by atoms with Crippen LogP contribution in [0.15, 0.2) is 0 Å². The van der Waals surface area contributed by atoms with Gasteiger partial charge in [0, 0.05) is 0 Å². The zero-order valence-electron chi connectivity index (χ0n) is 12.3. The van der Waals surface area contributed by atoms with E-state index in [2.05, 4.69) is 13.8 Å². The average molecular weight is 385 g/mol. The van der Waals surface area contributed by atoms with Gasteiger partial charge in [-0.1, -0.05) is 52.9 Å². The van der Waals surface area contributed by atoms with Gasteiger partial charge in [-0.25, -0.2) is 0 Å². The van der Waals surface area contributed by atoms with Gasteiger partial charge in [0.15, 0.2) is 0 Å². The molecule has 2 radical (unpaired) electrons. The number of hydrogen-bond acceptors (Lipinski definition) is 3. The maximum atomic E-state index is 12.0. The molecule has 0 atom stereocenters. The Morgan fingerprint density at radius 2 is 1.33 bits per heavy atom. The second kappa shape index (κ2) is 12.7. The SMILES string of the molecule is CCCCOS(=O)(=O)C(CCCC)CCCC.[SnH2]. The summed E-state index contributed by atoms with van der Waals surface area (Å²) in [4.78, 5) is 0. The zero-order valence-corrected chi connectivity index (χ0v) is 17.1. The molecular weight excluding hydrogens is 355 g/mol. The van der Waals surface area contributed by atoms with Crippen LogP contribution in [-0.2, 0) is 14.3 Å². The fourth-order valence-corrected chi connectivity index (χ4v) is 3.17. The van der Waals surface area contributed by atoms with Gasteiger partial charge in [0.1, 0.15) is 0 Å². The normalized spacial score (nSPS) is 11.6. The Balaban J connectivity index is 0. The van der Waals surface area contributed by atoms with Crippen LogP contribution >= 0.6 is 0 Å². The molecule has 0 aromatic rings. The van der Waals surface area contributed by atoms with Crippen molar-refractivity contribution in [3.05, 3.63) is 0 Å². The Morgan fingerprint density at radius 1 is 0.889 bits per heavy atom. The summed E-state index contributed by atoms with van der Waals surface area (Å²) in [6.07, 6.45) is 7.25. The second-order valence-electron chi connectivity index (χ2n) is 4.57. The standard InChI is InChI=1S/C13H28O3S.Sn.2H/c1-4-7-10-13(11-8-5-2)17(14,15)16-12-9-6-3;;;/h13H,4-12H2,1-3H3;;;. The molecule has 0 amide bonds. The van der Waals surface area contributed by atoms with Crippen molar-refractivity contribution in [1.29, 1.82) is 0 Å². The molecule has 0 bridgehead atoms. The van der Waals surface area contributed by atoms with Gasteiger partial charge in [0.2, 0.25) is 0 Å². The molecular formula is C13H30O3SSn. The molecule has 0 aromatic carbocycles. The first-order valence-corrected chi connectivity index (χ1v) is 8.43. The molecule has 3 nitrogen and oxygen atoms in total. The zero-order chi connectivity index (χ0) is 13.1. The molecule has 0 aromatic heterocycles. The van der Waals surface area contributed by atoms with Gasteiger partial charge < -0.3 is 0 Å². The first-order valence-electron chi connectivity index (χ1n) is 6.96. The molecule has 0 aliphatic carbocycles. The van der Waals surface area contributed by atoms with Crippen LogP contribution in [0.2, 0.25) is 0 Å². The van der Waals surface area contributed by atoms with E-state index in [1.54, 1.807) is 0 Å². The van der Waals surface area contributed by atoms with E-state index in [1.165, 1.54) is 0 Å². The van der Waals surface area contributed by atoms with Crippen molar-refractivity contribution in [3.8, 4) is 0 Å². The third kappa shape index (κ3) is 9.61. The summed E-state index contributed by atoms with van der Waals surface area (Å²) in [7, 11) is -3.34. The van der Waals surface area contributed by atoms with E-state index in [4.69, 9.17) is 4.18 Å². The van der Waals surface area contributed by atoms with Crippen molar-refractivity contribution in [3.63, 3.8) is 0 Å². The van der Waals surface area contributed by atoms with E-state index < -0.39 is 10.1 Å². The fourth-order valence-electron chi connectivity index (χ4n) is 1.71. The topological polar surface area (TPSA) is 43.4 Å². The molecule has 0 fully saturated rings. The molecule has 0 spiro atoms. The van der Waals surface area contributed by atoms with Crippen LogP contribution in [0.5, 0.6) is 0 Å². The monoisotopic (exact) mass is 386 g/mol. The van der Waals surface area contributed by atoms with E-state index in [0.29, 0.717) is 6.61 Å². The third-order valence-corrected chi connectivity index (χ3v) is 4.70. The summed E-state index contributed by atoms with van der Waals surface area (Å²) in [5, 5.41) is -0.292. The quantitative estimate of drug-likeness (QED) is 0.312. The minimum absolute atomic E-state index is 0. The van der Waals surface area contributed by atoms with Crippen molar-refractivity contribution in [2.24, 2.45) is 0 Å². The summed E-state index contributed by atoms with van der Waals surface area (Å²) in [5.74, 6) is 0. The van der Waals surface area contributed by atoms with E-state index in [1.807, 2.05) is 6.92 Å². The molecule has 0 saturated carbocycles. The maximum absolute atomic E-state index is 12.0. The van der Waals surface area contributed by atoms with Crippen LogP contribution < -0.4 is 0 Å². The predicted octanol–water partition coefficient (Wildman–Crippen LogP) is 2.97. The van der Waals surface area contributed by atoms with Gasteiger partial charge in [0.25, 0.3) is 10.1 Å². The van der Waals surface area contributed by atoms with E-state index in [0.717, 1.165) is 51.4 Å². The number of rotatable bonds is 11. The molecule has 0 rings (SSSR count). The Morgan fingerprint density at radius 3 is 1.72 bits per heavy atom. The van der Waals surface area contributed by atoms with Gasteiger partial charge in [0.05, 0.1) is 11.9 Å². The third-order valence-electron chi connectivity index (χ3n) is 2.91. The molecule has 110 valence electrons. The summed E-state index contributed by atoms with van der Waals surface area (Å²) in [6, 6.07) is 0. The molecule has 18 heavy (non-hydrogen) atoms. The first-order chi connectivity index (χ1) is 8.08. The molecule has 0 N–H and O–H groups in total. The van der Waals surface area contributed by atoms with Gasteiger partial charge in [-0.15, -0.1) is 0 Å². The fraction of sp³-hybridized carbons (Fsp3) is 1.00. The van der Waals surface area contributed by atoms with Crippen molar-refractivity contribution >= 4 is 34.0 Å².